The molecule has 0 spiro atoms. The van der Waals surface area contributed by atoms with Crippen molar-refractivity contribution >= 4 is 17.7 Å². The van der Waals surface area contributed by atoms with Gasteiger partial charge in [-0.25, -0.2) is 9.59 Å². The fourth-order valence-corrected chi connectivity index (χ4v) is 1.48. The molecule has 3 N–H and O–H groups in total. The van der Waals surface area contributed by atoms with Gasteiger partial charge in [-0.05, 0) is 37.6 Å². The van der Waals surface area contributed by atoms with Gasteiger partial charge in [0, 0.05) is 11.7 Å². The average Bonchev–Trinajstić information content (AvgIpc) is 2.37. The van der Waals surface area contributed by atoms with E-state index in [1.54, 1.807) is 30.3 Å². The molecule has 1 unspecified atom stereocenters. The van der Waals surface area contributed by atoms with Crippen LogP contribution in [-0.2, 0) is 4.79 Å². The van der Waals surface area contributed by atoms with Gasteiger partial charge in [0.15, 0.2) is 6.61 Å². The molecule has 1 atom stereocenters. The largest absolute Gasteiger partial charge is 0.482 e. The van der Waals surface area contributed by atoms with Gasteiger partial charge < -0.3 is 20.5 Å². The number of carbonyl (C=O) groups excluding carboxylic acids is 1. The van der Waals surface area contributed by atoms with Crippen LogP contribution < -0.4 is 15.4 Å². The van der Waals surface area contributed by atoms with Gasteiger partial charge in [-0.3, -0.25) is 0 Å². The minimum atomic E-state index is -1.04. The molecule has 0 saturated heterocycles. The Kier molecular flexibility index (Phi) is 6.09. The van der Waals surface area contributed by atoms with E-state index in [9.17, 15) is 9.59 Å². The van der Waals surface area contributed by atoms with E-state index < -0.39 is 12.6 Å². The number of ether oxygens (including phenoxy) is 1. The minimum absolute atomic E-state index is 0.00525. The number of hydrogen-bond donors (Lipinski definition) is 3. The Labute approximate surface area is 117 Å². The Morgan fingerprint density at radius 1 is 1.40 bits per heavy atom. The summed E-state index contributed by atoms with van der Waals surface area (Å²) in [6, 6.07) is 6.14. The fourth-order valence-electron chi connectivity index (χ4n) is 1.48. The lowest BCUT2D eigenvalue weighted by Crippen LogP contribution is -2.35. The van der Waals surface area contributed by atoms with Crippen molar-refractivity contribution in [1.82, 2.24) is 5.32 Å². The third-order valence-corrected chi connectivity index (χ3v) is 2.37. The zero-order chi connectivity index (χ0) is 15.0. The summed E-state index contributed by atoms with van der Waals surface area (Å²) in [6.07, 6.45) is 2.43. The van der Waals surface area contributed by atoms with Crippen molar-refractivity contribution in [1.29, 1.82) is 0 Å². The van der Waals surface area contributed by atoms with Gasteiger partial charge in [-0.1, -0.05) is 6.08 Å². The molecule has 0 heterocycles. The Bertz CT molecular complexity index is 471. The lowest BCUT2D eigenvalue weighted by atomic mass is 10.2. The van der Waals surface area contributed by atoms with Gasteiger partial charge >= 0.3 is 12.0 Å². The molecule has 0 aliphatic heterocycles. The normalized spacial score (nSPS) is 11.2. The number of rotatable bonds is 7. The summed E-state index contributed by atoms with van der Waals surface area (Å²) in [6.45, 7) is 5.09. The van der Waals surface area contributed by atoms with Gasteiger partial charge in [-0.15, -0.1) is 6.58 Å². The SMILES string of the molecule is C=CCC(C)NC(=O)Nc1ccc(OCC(=O)O)cc1. The first-order valence-corrected chi connectivity index (χ1v) is 6.14. The summed E-state index contributed by atoms with van der Waals surface area (Å²) in [4.78, 5) is 22.0. The number of carbonyl (C=O) groups is 2. The number of aliphatic carboxylic acids is 1. The summed E-state index contributed by atoms with van der Waals surface area (Å²) in [7, 11) is 0. The molecule has 108 valence electrons. The maximum atomic E-state index is 11.6. The summed E-state index contributed by atoms with van der Waals surface area (Å²) in [5.41, 5.74) is 0.593. The first-order chi connectivity index (χ1) is 9.51. The predicted molar refractivity (Wildman–Crippen MR) is 76.0 cm³/mol. The second-order valence-corrected chi connectivity index (χ2v) is 4.23. The molecule has 1 rings (SSSR count). The van der Waals surface area contributed by atoms with Gasteiger partial charge in [0.25, 0.3) is 0 Å². The van der Waals surface area contributed by atoms with Gasteiger partial charge in [0.2, 0.25) is 0 Å². The highest BCUT2D eigenvalue weighted by atomic mass is 16.5. The van der Waals surface area contributed by atoms with E-state index in [4.69, 9.17) is 9.84 Å². The minimum Gasteiger partial charge on any atom is -0.482 e. The number of anilines is 1. The van der Waals surface area contributed by atoms with Gasteiger partial charge in [-0.2, -0.15) is 0 Å². The zero-order valence-electron chi connectivity index (χ0n) is 11.3. The van der Waals surface area contributed by atoms with E-state index >= 15 is 0 Å². The molecule has 0 aromatic heterocycles. The van der Waals surface area contributed by atoms with E-state index in [0.29, 0.717) is 17.9 Å². The number of carboxylic acids is 1. The van der Waals surface area contributed by atoms with Crippen LogP contribution in [0.15, 0.2) is 36.9 Å². The van der Waals surface area contributed by atoms with Crippen LogP contribution in [-0.4, -0.2) is 29.8 Å². The molecule has 0 aliphatic rings. The van der Waals surface area contributed by atoms with Crippen molar-refractivity contribution < 1.29 is 19.4 Å². The summed E-state index contributed by atoms with van der Waals surface area (Å²) in [5, 5.41) is 13.9. The first-order valence-electron chi connectivity index (χ1n) is 6.14. The van der Waals surface area contributed by atoms with Crippen molar-refractivity contribution in [3.05, 3.63) is 36.9 Å². The van der Waals surface area contributed by atoms with Crippen LogP contribution in [0.3, 0.4) is 0 Å². The molecule has 0 radical (unpaired) electrons. The summed E-state index contributed by atoms with van der Waals surface area (Å²) in [5.74, 6) is -0.610. The molecular weight excluding hydrogens is 260 g/mol. The van der Waals surface area contributed by atoms with Crippen LogP contribution in [0.1, 0.15) is 13.3 Å². The van der Waals surface area contributed by atoms with Crippen LogP contribution in [0, 0.1) is 0 Å². The van der Waals surface area contributed by atoms with Crippen LogP contribution >= 0.6 is 0 Å². The Balaban J connectivity index is 2.46. The molecule has 20 heavy (non-hydrogen) atoms. The number of carboxylic acid groups (broad SMARTS) is 1. The molecular formula is C14H18N2O4. The average molecular weight is 278 g/mol. The van der Waals surface area contributed by atoms with Crippen LogP contribution in [0.25, 0.3) is 0 Å². The van der Waals surface area contributed by atoms with Gasteiger partial charge in [0.1, 0.15) is 5.75 Å². The van der Waals surface area contributed by atoms with Crippen molar-refractivity contribution in [3.63, 3.8) is 0 Å². The van der Waals surface area contributed by atoms with Crippen molar-refractivity contribution in [2.75, 3.05) is 11.9 Å². The first kappa shape index (κ1) is 15.6. The molecule has 0 aliphatic carbocycles. The lowest BCUT2D eigenvalue weighted by molar-refractivity contribution is -0.139. The van der Waals surface area contributed by atoms with Crippen molar-refractivity contribution in [2.45, 2.75) is 19.4 Å². The third kappa shape index (κ3) is 5.90. The number of amides is 2. The molecule has 6 nitrogen and oxygen atoms in total. The molecule has 1 aromatic rings. The van der Waals surface area contributed by atoms with Crippen LogP contribution in [0.4, 0.5) is 10.5 Å². The standard InChI is InChI=1S/C14H18N2O4/c1-3-4-10(2)15-14(19)16-11-5-7-12(8-6-11)20-9-13(17)18/h3,5-8,10H,1,4,9H2,2H3,(H,17,18)(H2,15,16,19). The van der Waals surface area contributed by atoms with Crippen LogP contribution in [0.2, 0.25) is 0 Å². The third-order valence-electron chi connectivity index (χ3n) is 2.37. The Morgan fingerprint density at radius 3 is 2.60 bits per heavy atom. The molecule has 0 fully saturated rings. The summed E-state index contributed by atoms with van der Waals surface area (Å²) < 4.78 is 4.98. The van der Waals surface area contributed by atoms with E-state index in [0.717, 1.165) is 0 Å². The van der Waals surface area contributed by atoms with Crippen molar-refractivity contribution in [3.8, 4) is 5.75 Å². The van der Waals surface area contributed by atoms with E-state index in [1.807, 2.05) is 6.92 Å². The summed E-state index contributed by atoms with van der Waals surface area (Å²) >= 11 is 0. The second-order valence-electron chi connectivity index (χ2n) is 4.23. The maximum Gasteiger partial charge on any atom is 0.341 e. The highest BCUT2D eigenvalue weighted by Crippen LogP contribution is 2.15. The molecule has 0 saturated carbocycles. The van der Waals surface area contributed by atoms with E-state index in [1.165, 1.54) is 0 Å². The van der Waals surface area contributed by atoms with E-state index in [-0.39, 0.29) is 12.1 Å². The van der Waals surface area contributed by atoms with Gasteiger partial charge in [0.05, 0.1) is 0 Å². The molecule has 2 amide bonds. The highest BCUT2D eigenvalue weighted by molar-refractivity contribution is 5.89. The smallest absolute Gasteiger partial charge is 0.341 e. The molecule has 1 aromatic carbocycles. The Morgan fingerprint density at radius 2 is 2.05 bits per heavy atom. The number of benzene rings is 1. The quantitative estimate of drug-likeness (QED) is 0.667. The lowest BCUT2D eigenvalue weighted by Gasteiger charge is -2.13. The van der Waals surface area contributed by atoms with Crippen molar-refractivity contribution in [2.24, 2.45) is 0 Å². The second kappa shape index (κ2) is 7.83. The zero-order valence-corrected chi connectivity index (χ0v) is 11.3. The van der Waals surface area contributed by atoms with Crippen LogP contribution in [0.5, 0.6) is 5.75 Å². The topological polar surface area (TPSA) is 87.7 Å². The molecule has 6 heteroatoms. The highest BCUT2D eigenvalue weighted by Gasteiger charge is 2.06. The number of urea groups is 1. The maximum absolute atomic E-state index is 11.6. The number of hydrogen-bond acceptors (Lipinski definition) is 3. The number of nitrogens with one attached hydrogen (secondary N) is 2. The van der Waals surface area contributed by atoms with E-state index in [2.05, 4.69) is 17.2 Å². The Hall–Kier alpha value is -2.50. The predicted octanol–water partition coefficient (Wildman–Crippen LogP) is 2.24. The molecule has 0 bridgehead atoms. The monoisotopic (exact) mass is 278 g/mol. The fraction of sp³-hybridized carbons (Fsp3) is 0.286.